The zero-order valence-electron chi connectivity index (χ0n) is 9.19. The van der Waals surface area contributed by atoms with Gasteiger partial charge in [0.15, 0.2) is 0 Å². The Kier molecular flexibility index (Phi) is 3.33. The second-order valence-corrected chi connectivity index (χ2v) is 4.34. The average Bonchev–Trinajstić information content (AvgIpc) is 2.63. The van der Waals surface area contributed by atoms with E-state index in [4.69, 9.17) is 5.73 Å². The van der Waals surface area contributed by atoms with Crippen LogP contribution in [0, 0.1) is 0 Å². The molecule has 0 radical (unpaired) electrons. The maximum Gasteiger partial charge on any atom is 0.0738 e. The van der Waals surface area contributed by atoms with E-state index in [0.717, 1.165) is 25.1 Å². The molecule has 1 aromatic rings. The summed E-state index contributed by atoms with van der Waals surface area (Å²) in [4.78, 5) is 0. The van der Waals surface area contributed by atoms with E-state index in [1.807, 2.05) is 17.9 Å². The fourth-order valence-corrected chi connectivity index (χ4v) is 2.04. The lowest BCUT2D eigenvalue weighted by Crippen LogP contribution is -2.37. The van der Waals surface area contributed by atoms with E-state index in [0.29, 0.717) is 12.1 Å². The fourth-order valence-electron chi connectivity index (χ4n) is 2.04. The lowest BCUT2D eigenvalue weighted by Gasteiger charge is -2.26. The summed E-state index contributed by atoms with van der Waals surface area (Å²) in [5.41, 5.74) is 6.99. The van der Waals surface area contributed by atoms with Gasteiger partial charge in [0.2, 0.25) is 0 Å². The standard InChI is InChI=1S/C10H19N5/c1-15-10(7-13-14-15)6-12-9-4-2-8(11)3-5-9/h7-9,12H,2-6,11H2,1H3. The minimum absolute atomic E-state index is 0.418. The van der Waals surface area contributed by atoms with Crippen LogP contribution in [0.2, 0.25) is 0 Å². The number of nitrogens with two attached hydrogens (primary N) is 1. The number of aryl methyl sites for hydroxylation is 1. The Morgan fingerprint density at radius 2 is 2.20 bits per heavy atom. The molecule has 3 N–H and O–H groups in total. The molecule has 1 heterocycles. The largest absolute Gasteiger partial charge is 0.328 e. The summed E-state index contributed by atoms with van der Waals surface area (Å²) >= 11 is 0. The lowest BCUT2D eigenvalue weighted by atomic mass is 9.92. The molecule has 0 unspecified atom stereocenters. The molecule has 2 rings (SSSR count). The molecule has 1 saturated carbocycles. The van der Waals surface area contributed by atoms with Crippen LogP contribution in [-0.2, 0) is 13.6 Å². The molecule has 0 amide bonds. The molecule has 0 aliphatic heterocycles. The Balaban J connectivity index is 1.77. The zero-order valence-corrected chi connectivity index (χ0v) is 9.19. The van der Waals surface area contributed by atoms with Crippen LogP contribution in [0.15, 0.2) is 6.20 Å². The minimum atomic E-state index is 0.418. The van der Waals surface area contributed by atoms with Crippen LogP contribution in [0.3, 0.4) is 0 Å². The highest BCUT2D eigenvalue weighted by molar-refractivity contribution is 4.93. The van der Waals surface area contributed by atoms with Crippen molar-refractivity contribution in [1.29, 1.82) is 0 Å². The van der Waals surface area contributed by atoms with Crippen molar-refractivity contribution in [2.75, 3.05) is 0 Å². The highest BCUT2D eigenvalue weighted by Crippen LogP contribution is 2.17. The third-order valence-corrected chi connectivity index (χ3v) is 3.15. The molecule has 1 aromatic heterocycles. The Bertz CT molecular complexity index is 301. The molecule has 5 heteroatoms. The van der Waals surface area contributed by atoms with E-state index < -0.39 is 0 Å². The van der Waals surface area contributed by atoms with Crippen LogP contribution in [0.25, 0.3) is 0 Å². The Morgan fingerprint density at radius 3 is 2.80 bits per heavy atom. The van der Waals surface area contributed by atoms with Gasteiger partial charge in [0.25, 0.3) is 0 Å². The van der Waals surface area contributed by atoms with E-state index in [-0.39, 0.29) is 0 Å². The van der Waals surface area contributed by atoms with Crippen molar-refractivity contribution in [2.24, 2.45) is 12.8 Å². The van der Waals surface area contributed by atoms with E-state index in [1.54, 1.807) is 0 Å². The SMILES string of the molecule is Cn1nncc1CNC1CCC(N)CC1. The average molecular weight is 209 g/mol. The highest BCUT2D eigenvalue weighted by Gasteiger charge is 2.17. The summed E-state index contributed by atoms with van der Waals surface area (Å²) < 4.78 is 1.81. The summed E-state index contributed by atoms with van der Waals surface area (Å²) in [7, 11) is 1.92. The van der Waals surface area contributed by atoms with E-state index in [1.165, 1.54) is 12.8 Å². The van der Waals surface area contributed by atoms with Gasteiger partial charge in [-0.25, -0.2) is 0 Å². The van der Waals surface area contributed by atoms with Crippen molar-refractivity contribution in [3.8, 4) is 0 Å². The van der Waals surface area contributed by atoms with Gasteiger partial charge in [0, 0.05) is 25.7 Å². The van der Waals surface area contributed by atoms with Gasteiger partial charge in [0.05, 0.1) is 11.9 Å². The molecule has 1 aliphatic rings. The molecule has 0 bridgehead atoms. The van der Waals surface area contributed by atoms with Crippen LogP contribution >= 0.6 is 0 Å². The van der Waals surface area contributed by atoms with Gasteiger partial charge in [-0.2, -0.15) is 0 Å². The number of rotatable bonds is 3. The molecular formula is C10H19N5. The monoisotopic (exact) mass is 209 g/mol. The first-order valence-corrected chi connectivity index (χ1v) is 5.58. The van der Waals surface area contributed by atoms with E-state index in [9.17, 15) is 0 Å². The molecule has 1 aliphatic carbocycles. The van der Waals surface area contributed by atoms with Crippen LogP contribution < -0.4 is 11.1 Å². The van der Waals surface area contributed by atoms with Crippen molar-refractivity contribution in [2.45, 2.75) is 44.3 Å². The van der Waals surface area contributed by atoms with Crippen LogP contribution in [0.1, 0.15) is 31.4 Å². The second kappa shape index (κ2) is 4.72. The van der Waals surface area contributed by atoms with Gasteiger partial charge in [-0.1, -0.05) is 5.21 Å². The predicted octanol–water partition coefficient (Wildman–Crippen LogP) is 0.175. The second-order valence-electron chi connectivity index (χ2n) is 4.34. The third kappa shape index (κ3) is 2.76. The molecule has 84 valence electrons. The van der Waals surface area contributed by atoms with E-state index >= 15 is 0 Å². The summed E-state index contributed by atoms with van der Waals surface area (Å²) in [6.45, 7) is 0.851. The predicted molar refractivity (Wildman–Crippen MR) is 58.1 cm³/mol. The first kappa shape index (κ1) is 10.6. The molecule has 0 spiro atoms. The fraction of sp³-hybridized carbons (Fsp3) is 0.800. The van der Waals surface area contributed by atoms with Crippen molar-refractivity contribution < 1.29 is 0 Å². The van der Waals surface area contributed by atoms with Gasteiger partial charge < -0.3 is 11.1 Å². The molecule has 15 heavy (non-hydrogen) atoms. The van der Waals surface area contributed by atoms with Crippen molar-refractivity contribution in [3.63, 3.8) is 0 Å². The van der Waals surface area contributed by atoms with Crippen LogP contribution in [0.4, 0.5) is 0 Å². The Hall–Kier alpha value is -0.940. The van der Waals surface area contributed by atoms with Crippen molar-refractivity contribution in [1.82, 2.24) is 20.3 Å². The zero-order chi connectivity index (χ0) is 10.7. The van der Waals surface area contributed by atoms with Crippen LogP contribution in [0.5, 0.6) is 0 Å². The quantitative estimate of drug-likeness (QED) is 0.745. The van der Waals surface area contributed by atoms with E-state index in [2.05, 4.69) is 15.6 Å². The smallest absolute Gasteiger partial charge is 0.0738 e. The highest BCUT2D eigenvalue weighted by atomic mass is 15.4. The van der Waals surface area contributed by atoms with Gasteiger partial charge in [-0.15, -0.1) is 5.10 Å². The first-order valence-electron chi connectivity index (χ1n) is 5.58. The van der Waals surface area contributed by atoms with Gasteiger partial charge in [0.1, 0.15) is 0 Å². The van der Waals surface area contributed by atoms with Gasteiger partial charge >= 0.3 is 0 Å². The van der Waals surface area contributed by atoms with Crippen LogP contribution in [-0.4, -0.2) is 27.1 Å². The summed E-state index contributed by atoms with van der Waals surface area (Å²) in [6, 6.07) is 1.03. The molecule has 0 saturated heterocycles. The summed E-state index contributed by atoms with van der Waals surface area (Å²) in [5, 5.41) is 11.3. The summed E-state index contributed by atoms with van der Waals surface area (Å²) in [5.74, 6) is 0. The summed E-state index contributed by atoms with van der Waals surface area (Å²) in [6.07, 6.45) is 6.46. The normalized spacial score (nSPS) is 26.8. The maximum atomic E-state index is 5.86. The lowest BCUT2D eigenvalue weighted by molar-refractivity contribution is 0.339. The molecule has 0 aromatic carbocycles. The number of hydrogen-bond donors (Lipinski definition) is 2. The Morgan fingerprint density at radius 1 is 1.47 bits per heavy atom. The molecule has 5 nitrogen and oxygen atoms in total. The first-order chi connectivity index (χ1) is 7.25. The minimum Gasteiger partial charge on any atom is -0.328 e. The third-order valence-electron chi connectivity index (χ3n) is 3.15. The number of aromatic nitrogens is 3. The van der Waals surface area contributed by atoms with Gasteiger partial charge in [-0.3, -0.25) is 4.68 Å². The van der Waals surface area contributed by atoms with Crippen molar-refractivity contribution in [3.05, 3.63) is 11.9 Å². The topological polar surface area (TPSA) is 68.8 Å². The van der Waals surface area contributed by atoms with Crippen molar-refractivity contribution >= 4 is 0 Å². The molecular weight excluding hydrogens is 190 g/mol. The number of nitrogens with one attached hydrogen (secondary N) is 1. The molecule has 0 atom stereocenters. The molecule has 1 fully saturated rings. The van der Waals surface area contributed by atoms with Gasteiger partial charge in [-0.05, 0) is 25.7 Å². The maximum absolute atomic E-state index is 5.86. The Labute approximate surface area is 90.0 Å². The number of hydrogen-bond acceptors (Lipinski definition) is 4. The number of nitrogens with zero attached hydrogens (tertiary/aromatic N) is 3.